The second-order valence-electron chi connectivity index (χ2n) is 9.10. The number of anilines is 2. The number of carbonyl (C=O) groups is 2. The molecule has 1 atom stereocenters. The van der Waals surface area contributed by atoms with Gasteiger partial charge < -0.3 is 14.7 Å². The van der Waals surface area contributed by atoms with Crippen molar-refractivity contribution >= 4 is 40.4 Å². The highest BCUT2D eigenvalue weighted by atomic mass is 35.5. The van der Waals surface area contributed by atoms with Crippen LogP contribution in [0.1, 0.15) is 42.1 Å². The van der Waals surface area contributed by atoms with E-state index in [9.17, 15) is 14.7 Å². The zero-order valence-corrected chi connectivity index (χ0v) is 22.5. The Balaban J connectivity index is 1.97. The first kappa shape index (κ1) is 26.3. The maximum absolute atomic E-state index is 13.5. The van der Waals surface area contributed by atoms with Gasteiger partial charge in [-0.05, 0) is 80.8 Å². The van der Waals surface area contributed by atoms with Crippen LogP contribution in [0.25, 0.3) is 5.76 Å². The molecule has 6 nitrogen and oxygen atoms in total. The van der Waals surface area contributed by atoms with Crippen LogP contribution in [0, 0.1) is 13.8 Å². The quantitative estimate of drug-likeness (QED) is 0.221. The molecule has 0 aliphatic carbocycles. The first-order valence-electron chi connectivity index (χ1n) is 12.3. The van der Waals surface area contributed by atoms with Crippen molar-refractivity contribution in [1.82, 2.24) is 0 Å². The third-order valence-electron chi connectivity index (χ3n) is 6.71. The summed E-state index contributed by atoms with van der Waals surface area (Å²) in [6.45, 7) is 9.64. The van der Waals surface area contributed by atoms with Gasteiger partial charge in [-0.25, -0.2) is 0 Å². The van der Waals surface area contributed by atoms with Crippen molar-refractivity contribution in [2.45, 2.75) is 33.7 Å². The fourth-order valence-electron chi connectivity index (χ4n) is 4.91. The fourth-order valence-corrected chi connectivity index (χ4v) is 5.26. The molecular weight excluding hydrogens is 488 g/mol. The van der Waals surface area contributed by atoms with E-state index in [0.717, 1.165) is 29.9 Å². The molecule has 192 valence electrons. The Morgan fingerprint density at radius 2 is 1.68 bits per heavy atom. The molecule has 0 radical (unpaired) electrons. The van der Waals surface area contributed by atoms with Crippen LogP contribution in [0.5, 0.6) is 5.75 Å². The van der Waals surface area contributed by atoms with E-state index in [-0.39, 0.29) is 22.6 Å². The fraction of sp³-hybridized carbons (Fsp3) is 0.267. The standard InChI is InChI=1S/C30H31ClN2O4/c1-6-32(7-2)21-13-11-20(12-14-21)26-25(27(34)23-16-19(4)17-24(31)29(23)37-5)28(35)30(36)33(26)22-10-8-9-18(3)15-22/h8-17,26,34H,6-7H2,1-5H3/b27-25+. The third kappa shape index (κ3) is 4.81. The molecule has 1 unspecified atom stereocenters. The molecule has 1 heterocycles. The second-order valence-corrected chi connectivity index (χ2v) is 9.51. The highest BCUT2D eigenvalue weighted by Crippen LogP contribution is 2.44. The van der Waals surface area contributed by atoms with Gasteiger partial charge in [-0.1, -0.05) is 35.9 Å². The largest absolute Gasteiger partial charge is 0.507 e. The van der Waals surface area contributed by atoms with Crippen LogP contribution >= 0.6 is 11.6 Å². The highest BCUT2D eigenvalue weighted by molar-refractivity contribution is 6.51. The summed E-state index contributed by atoms with van der Waals surface area (Å²) in [5.74, 6) is -1.56. The number of ketones is 1. The van der Waals surface area contributed by atoms with E-state index in [1.165, 1.54) is 12.0 Å². The minimum Gasteiger partial charge on any atom is -0.507 e. The molecule has 0 saturated carbocycles. The van der Waals surface area contributed by atoms with Crippen molar-refractivity contribution in [1.29, 1.82) is 0 Å². The van der Waals surface area contributed by atoms with E-state index < -0.39 is 17.7 Å². The summed E-state index contributed by atoms with van der Waals surface area (Å²) >= 11 is 6.39. The minimum absolute atomic E-state index is 0.0120. The summed E-state index contributed by atoms with van der Waals surface area (Å²) in [5.41, 5.74) is 4.29. The average molecular weight is 519 g/mol. The highest BCUT2D eigenvalue weighted by Gasteiger charge is 2.47. The van der Waals surface area contributed by atoms with Gasteiger partial charge in [0.2, 0.25) is 0 Å². The molecule has 1 saturated heterocycles. The molecule has 3 aromatic carbocycles. The number of benzene rings is 3. The number of hydrogen-bond donors (Lipinski definition) is 1. The van der Waals surface area contributed by atoms with Crippen LogP contribution in [-0.4, -0.2) is 37.0 Å². The summed E-state index contributed by atoms with van der Waals surface area (Å²) in [5, 5.41) is 11.9. The smallest absolute Gasteiger partial charge is 0.300 e. The molecule has 0 aromatic heterocycles. The van der Waals surface area contributed by atoms with Crippen molar-refractivity contribution in [2.75, 3.05) is 30.0 Å². The Kier molecular flexibility index (Phi) is 7.60. The molecule has 1 aliphatic heterocycles. The molecule has 3 aromatic rings. The Bertz CT molecular complexity index is 1380. The number of methoxy groups -OCH3 is 1. The number of amides is 1. The summed E-state index contributed by atoms with van der Waals surface area (Å²) in [7, 11) is 1.45. The third-order valence-corrected chi connectivity index (χ3v) is 6.99. The lowest BCUT2D eigenvalue weighted by molar-refractivity contribution is -0.132. The van der Waals surface area contributed by atoms with Gasteiger partial charge in [-0.2, -0.15) is 0 Å². The summed E-state index contributed by atoms with van der Waals surface area (Å²) < 4.78 is 5.47. The normalized spacial score (nSPS) is 16.8. The average Bonchev–Trinajstić information content (AvgIpc) is 3.14. The van der Waals surface area contributed by atoms with Gasteiger partial charge in [-0.3, -0.25) is 14.5 Å². The predicted molar refractivity (Wildman–Crippen MR) is 149 cm³/mol. The van der Waals surface area contributed by atoms with Crippen molar-refractivity contribution in [3.8, 4) is 5.75 Å². The molecule has 0 spiro atoms. The van der Waals surface area contributed by atoms with Gasteiger partial charge in [0, 0.05) is 24.5 Å². The lowest BCUT2D eigenvalue weighted by Crippen LogP contribution is -2.29. The number of halogens is 1. The van der Waals surface area contributed by atoms with Crippen molar-refractivity contribution in [2.24, 2.45) is 0 Å². The Morgan fingerprint density at radius 1 is 1.00 bits per heavy atom. The molecule has 37 heavy (non-hydrogen) atoms. The zero-order valence-electron chi connectivity index (χ0n) is 21.7. The van der Waals surface area contributed by atoms with Gasteiger partial charge in [0.25, 0.3) is 11.7 Å². The van der Waals surface area contributed by atoms with Crippen molar-refractivity contribution in [3.05, 3.63) is 93.5 Å². The lowest BCUT2D eigenvalue weighted by atomic mass is 9.94. The van der Waals surface area contributed by atoms with Gasteiger partial charge >= 0.3 is 0 Å². The van der Waals surface area contributed by atoms with Crippen LogP contribution in [0.2, 0.25) is 5.02 Å². The number of nitrogens with zero attached hydrogens (tertiary/aromatic N) is 2. The molecule has 1 N–H and O–H groups in total. The van der Waals surface area contributed by atoms with E-state index in [1.54, 1.807) is 18.2 Å². The summed E-state index contributed by atoms with van der Waals surface area (Å²) in [4.78, 5) is 30.7. The monoisotopic (exact) mass is 518 g/mol. The van der Waals surface area contributed by atoms with Crippen molar-refractivity contribution < 1.29 is 19.4 Å². The molecule has 1 aliphatic rings. The number of carbonyl (C=O) groups excluding carboxylic acids is 2. The van der Waals surface area contributed by atoms with Crippen LogP contribution in [0.3, 0.4) is 0 Å². The summed E-state index contributed by atoms with van der Waals surface area (Å²) in [6.07, 6.45) is 0. The van der Waals surface area contributed by atoms with E-state index in [1.807, 2.05) is 56.3 Å². The number of aliphatic hydroxyl groups excluding tert-OH is 1. The minimum atomic E-state index is -0.837. The topological polar surface area (TPSA) is 70.1 Å². The van der Waals surface area contributed by atoms with Gasteiger partial charge in [-0.15, -0.1) is 0 Å². The lowest BCUT2D eigenvalue weighted by Gasteiger charge is -2.27. The summed E-state index contributed by atoms with van der Waals surface area (Å²) in [6, 6.07) is 17.7. The van der Waals surface area contributed by atoms with Crippen molar-refractivity contribution in [3.63, 3.8) is 0 Å². The van der Waals surface area contributed by atoms with Gasteiger partial charge in [0.05, 0.1) is 29.3 Å². The van der Waals surface area contributed by atoms with Gasteiger partial charge in [0.15, 0.2) is 0 Å². The zero-order chi connectivity index (χ0) is 26.9. The van der Waals surface area contributed by atoms with Crippen LogP contribution in [-0.2, 0) is 9.59 Å². The first-order chi connectivity index (χ1) is 17.7. The Labute approximate surface area is 222 Å². The molecule has 1 amide bonds. The van der Waals surface area contributed by atoms with E-state index >= 15 is 0 Å². The van der Waals surface area contributed by atoms with Crippen LogP contribution in [0.4, 0.5) is 11.4 Å². The predicted octanol–water partition coefficient (Wildman–Crippen LogP) is 6.44. The second kappa shape index (κ2) is 10.7. The molecule has 0 bridgehead atoms. The Morgan fingerprint density at radius 3 is 2.27 bits per heavy atom. The number of aliphatic hydroxyl groups is 1. The number of aryl methyl sites for hydroxylation is 2. The van der Waals surface area contributed by atoms with Crippen LogP contribution < -0.4 is 14.5 Å². The van der Waals surface area contributed by atoms with E-state index in [2.05, 4.69) is 18.7 Å². The molecule has 7 heteroatoms. The maximum Gasteiger partial charge on any atom is 0.300 e. The maximum atomic E-state index is 13.5. The molecule has 4 rings (SSSR count). The van der Waals surface area contributed by atoms with E-state index in [4.69, 9.17) is 16.3 Å². The van der Waals surface area contributed by atoms with E-state index in [0.29, 0.717) is 16.3 Å². The number of rotatable bonds is 7. The Hall–Kier alpha value is -3.77. The van der Waals surface area contributed by atoms with Crippen LogP contribution in [0.15, 0.2) is 66.2 Å². The molecular formula is C30H31ClN2O4. The molecule has 1 fully saturated rings. The number of ether oxygens (including phenoxy) is 1. The number of Topliss-reactive ketones (excluding diaryl/α,β-unsaturated/α-hetero) is 1. The van der Waals surface area contributed by atoms with Gasteiger partial charge in [0.1, 0.15) is 11.5 Å². The SMILES string of the molecule is CCN(CC)c1ccc(C2/C(=C(\O)c3cc(C)cc(Cl)c3OC)C(=O)C(=O)N2c2cccc(C)c2)cc1. The first-order valence-corrected chi connectivity index (χ1v) is 12.7. The number of hydrogen-bond acceptors (Lipinski definition) is 5.